The minimum Gasteiger partial charge on any atom is -0.386 e. The van der Waals surface area contributed by atoms with Gasteiger partial charge in [0.15, 0.2) is 0 Å². The zero-order chi connectivity index (χ0) is 13.2. The predicted molar refractivity (Wildman–Crippen MR) is 58.1 cm³/mol. The third-order valence-corrected chi connectivity index (χ3v) is 2.78. The SMILES string of the molecule is OC1(CNc2ncccc2C(F)(F)F)CCOC1. The summed E-state index contributed by atoms with van der Waals surface area (Å²) in [5, 5.41) is 12.5. The van der Waals surface area contributed by atoms with E-state index in [-0.39, 0.29) is 19.0 Å². The fraction of sp³-hybridized carbons (Fsp3) is 0.545. The molecule has 1 aliphatic heterocycles. The summed E-state index contributed by atoms with van der Waals surface area (Å²) in [6.07, 6.45) is -2.80. The first-order chi connectivity index (χ1) is 8.41. The van der Waals surface area contributed by atoms with Crippen LogP contribution in [0.4, 0.5) is 19.0 Å². The standard InChI is InChI=1S/C11H13F3N2O2/c12-11(13,14)8-2-1-4-15-9(8)16-6-10(17)3-5-18-7-10/h1-2,4,17H,3,5-7H2,(H,15,16). The molecule has 0 spiro atoms. The Morgan fingerprint density at radius 1 is 1.50 bits per heavy atom. The summed E-state index contributed by atoms with van der Waals surface area (Å²) in [5.74, 6) is -0.273. The van der Waals surface area contributed by atoms with Crippen molar-refractivity contribution in [2.24, 2.45) is 0 Å². The molecule has 1 saturated heterocycles. The molecule has 18 heavy (non-hydrogen) atoms. The Kier molecular flexibility index (Phi) is 3.45. The van der Waals surface area contributed by atoms with Gasteiger partial charge >= 0.3 is 6.18 Å². The van der Waals surface area contributed by atoms with Crippen LogP contribution in [0.3, 0.4) is 0 Å². The first-order valence-electron chi connectivity index (χ1n) is 5.47. The van der Waals surface area contributed by atoms with E-state index in [9.17, 15) is 18.3 Å². The highest BCUT2D eigenvalue weighted by molar-refractivity contribution is 5.45. The Balaban J connectivity index is 2.10. The number of pyridine rings is 1. The summed E-state index contributed by atoms with van der Waals surface area (Å²) in [6, 6.07) is 2.17. The van der Waals surface area contributed by atoms with Gasteiger partial charge in [0, 0.05) is 25.8 Å². The molecule has 1 atom stereocenters. The smallest absolute Gasteiger partial charge is 0.386 e. The number of hydrogen-bond acceptors (Lipinski definition) is 4. The van der Waals surface area contributed by atoms with Gasteiger partial charge in [-0.1, -0.05) is 0 Å². The maximum atomic E-state index is 12.7. The maximum Gasteiger partial charge on any atom is 0.419 e. The second-order valence-electron chi connectivity index (χ2n) is 4.28. The van der Waals surface area contributed by atoms with E-state index >= 15 is 0 Å². The van der Waals surface area contributed by atoms with Crippen molar-refractivity contribution < 1.29 is 23.0 Å². The van der Waals surface area contributed by atoms with E-state index in [0.29, 0.717) is 13.0 Å². The molecule has 1 unspecified atom stereocenters. The van der Waals surface area contributed by atoms with Crippen molar-refractivity contribution >= 4 is 5.82 Å². The highest BCUT2D eigenvalue weighted by Crippen LogP contribution is 2.33. The Morgan fingerprint density at radius 2 is 2.28 bits per heavy atom. The Labute approximate surface area is 102 Å². The number of hydrogen-bond donors (Lipinski definition) is 2. The van der Waals surface area contributed by atoms with Gasteiger partial charge < -0.3 is 15.2 Å². The average molecular weight is 262 g/mol. The van der Waals surface area contributed by atoms with Gasteiger partial charge in [-0.3, -0.25) is 0 Å². The Hall–Kier alpha value is -1.34. The van der Waals surface area contributed by atoms with Gasteiger partial charge in [-0.15, -0.1) is 0 Å². The van der Waals surface area contributed by atoms with Crippen molar-refractivity contribution in [3.8, 4) is 0 Å². The Morgan fingerprint density at radius 3 is 2.89 bits per heavy atom. The fourth-order valence-corrected chi connectivity index (χ4v) is 1.76. The number of ether oxygens (including phenoxy) is 1. The number of rotatable bonds is 3. The molecular weight excluding hydrogens is 249 g/mol. The first-order valence-corrected chi connectivity index (χ1v) is 5.47. The summed E-state index contributed by atoms with van der Waals surface area (Å²) >= 11 is 0. The van der Waals surface area contributed by atoms with Gasteiger partial charge in [0.1, 0.15) is 11.4 Å². The quantitative estimate of drug-likeness (QED) is 0.870. The molecule has 0 aliphatic carbocycles. The van der Waals surface area contributed by atoms with Crippen molar-refractivity contribution in [1.82, 2.24) is 4.98 Å². The van der Waals surface area contributed by atoms with Crippen LogP contribution in [0.2, 0.25) is 0 Å². The normalized spacial score (nSPS) is 24.2. The van der Waals surface area contributed by atoms with Crippen molar-refractivity contribution in [2.75, 3.05) is 25.1 Å². The molecule has 100 valence electrons. The van der Waals surface area contributed by atoms with Gasteiger partial charge in [0.2, 0.25) is 0 Å². The number of aromatic nitrogens is 1. The van der Waals surface area contributed by atoms with Gasteiger partial charge in [-0.05, 0) is 12.1 Å². The van der Waals surface area contributed by atoms with Crippen LogP contribution in [0.15, 0.2) is 18.3 Å². The van der Waals surface area contributed by atoms with Gasteiger partial charge in [0.05, 0.1) is 12.2 Å². The molecule has 2 N–H and O–H groups in total. The molecule has 0 radical (unpaired) electrons. The molecular formula is C11H13F3N2O2. The molecule has 1 aromatic heterocycles. The van der Waals surface area contributed by atoms with E-state index in [0.717, 1.165) is 6.07 Å². The van der Waals surface area contributed by atoms with Crippen LogP contribution in [0.1, 0.15) is 12.0 Å². The third kappa shape index (κ3) is 2.91. The van der Waals surface area contributed by atoms with E-state index < -0.39 is 17.3 Å². The number of anilines is 1. The summed E-state index contributed by atoms with van der Waals surface area (Å²) in [6.45, 7) is 0.508. The zero-order valence-corrected chi connectivity index (χ0v) is 9.50. The van der Waals surface area contributed by atoms with Gasteiger partial charge in [-0.2, -0.15) is 13.2 Å². The van der Waals surface area contributed by atoms with Crippen LogP contribution < -0.4 is 5.32 Å². The van der Waals surface area contributed by atoms with Gasteiger partial charge in [0.25, 0.3) is 0 Å². The molecule has 0 saturated carbocycles. The molecule has 1 aliphatic rings. The third-order valence-electron chi connectivity index (χ3n) is 2.78. The van der Waals surface area contributed by atoms with E-state index in [1.165, 1.54) is 12.3 Å². The van der Waals surface area contributed by atoms with E-state index in [4.69, 9.17) is 4.74 Å². The Bertz CT molecular complexity index is 417. The predicted octanol–water partition coefficient (Wildman–Crippen LogP) is 1.66. The summed E-state index contributed by atoms with van der Waals surface area (Å²) in [4.78, 5) is 3.65. The molecule has 2 heterocycles. The molecule has 1 fully saturated rings. The van der Waals surface area contributed by atoms with Crippen molar-refractivity contribution in [1.29, 1.82) is 0 Å². The lowest BCUT2D eigenvalue weighted by Gasteiger charge is -2.22. The highest BCUT2D eigenvalue weighted by atomic mass is 19.4. The molecule has 0 bridgehead atoms. The second-order valence-corrected chi connectivity index (χ2v) is 4.28. The summed E-state index contributed by atoms with van der Waals surface area (Å²) in [5.41, 5.74) is -1.96. The zero-order valence-electron chi connectivity index (χ0n) is 9.50. The molecule has 1 aromatic rings. The van der Waals surface area contributed by atoms with Crippen molar-refractivity contribution in [3.05, 3.63) is 23.9 Å². The number of nitrogens with one attached hydrogen (secondary N) is 1. The second kappa shape index (κ2) is 4.74. The largest absolute Gasteiger partial charge is 0.419 e. The van der Waals surface area contributed by atoms with Crippen LogP contribution in [0.25, 0.3) is 0 Å². The van der Waals surface area contributed by atoms with Crippen LogP contribution in [0, 0.1) is 0 Å². The monoisotopic (exact) mass is 262 g/mol. The first kappa shape index (κ1) is 13.1. The lowest BCUT2D eigenvalue weighted by Crippen LogP contribution is -2.37. The van der Waals surface area contributed by atoms with Crippen LogP contribution in [-0.2, 0) is 10.9 Å². The molecule has 0 aromatic carbocycles. The summed E-state index contributed by atoms with van der Waals surface area (Å²) in [7, 11) is 0. The topological polar surface area (TPSA) is 54.4 Å². The minimum absolute atomic E-state index is 0.0207. The number of aliphatic hydroxyl groups is 1. The lowest BCUT2D eigenvalue weighted by atomic mass is 10.0. The maximum absolute atomic E-state index is 12.7. The van der Waals surface area contributed by atoms with Crippen LogP contribution >= 0.6 is 0 Å². The fourth-order valence-electron chi connectivity index (χ4n) is 1.76. The van der Waals surface area contributed by atoms with E-state index in [1.54, 1.807) is 0 Å². The molecule has 0 amide bonds. The molecule has 4 nitrogen and oxygen atoms in total. The molecule has 7 heteroatoms. The van der Waals surface area contributed by atoms with E-state index in [1.807, 2.05) is 0 Å². The van der Waals surface area contributed by atoms with E-state index in [2.05, 4.69) is 10.3 Å². The number of nitrogens with zero attached hydrogens (tertiary/aromatic N) is 1. The van der Waals surface area contributed by atoms with Crippen molar-refractivity contribution in [2.45, 2.75) is 18.2 Å². The number of halogens is 3. The van der Waals surface area contributed by atoms with Crippen LogP contribution in [-0.4, -0.2) is 35.5 Å². The van der Waals surface area contributed by atoms with Gasteiger partial charge in [-0.25, -0.2) is 4.98 Å². The van der Waals surface area contributed by atoms with Crippen LogP contribution in [0.5, 0.6) is 0 Å². The summed E-state index contributed by atoms with van der Waals surface area (Å²) < 4.78 is 43.0. The highest BCUT2D eigenvalue weighted by Gasteiger charge is 2.36. The molecule has 2 rings (SSSR count). The number of alkyl halides is 3. The van der Waals surface area contributed by atoms with Crippen molar-refractivity contribution in [3.63, 3.8) is 0 Å². The minimum atomic E-state index is -4.47. The lowest BCUT2D eigenvalue weighted by molar-refractivity contribution is -0.137. The average Bonchev–Trinajstić information content (AvgIpc) is 2.73.